The summed E-state index contributed by atoms with van der Waals surface area (Å²) in [5, 5.41) is 13.2. The maximum atomic E-state index is 12.8. The Kier molecular flexibility index (Phi) is 13.9. The van der Waals surface area contributed by atoms with Crippen molar-refractivity contribution in [3.8, 4) is 0 Å². The molecule has 0 saturated carbocycles. The Morgan fingerprint density at radius 3 is 1.84 bits per heavy atom. The number of amides is 2. The molecule has 0 bridgehead atoms. The number of carbonyl (C=O) groups excluding carboxylic acids is 6. The number of nitrogens with two attached hydrogens (primary N) is 1. The number of esters is 4. The second-order valence-corrected chi connectivity index (χ2v) is 12.5. The minimum absolute atomic E-state index is 0.0783. The zero-order chi connectivity index (χ0) is 32.8. The number of nitrogens with one attached hydrogen (secondary N) is 1. The average Bonchev–Trinajstić information content (AvgIpc) is 2.86. The largest absolute Gasteiger partial charge is 0.463 e. The highest BCUT2D eigenvalue weighted by atomic mass is 127. The lowest BCUT2D eigenvalue weighted by Crippen LogP contribution is -2.70. The molecule has 0 aliphatic carbocycles. The van der Waals surface area contributed by atoms with E-state index in [-0.39, 0.29) is 4.43 Å². The molecule has 244 valence electrons. The maximum absolute atomic E-state index is 12.8. The van der Waals surface area contributed by atoms with Crippen molar-refractivity contribution in [2.45, 2.75) is 92.7 Å². The Labute approximate surface area is 273 Å². The molecule has 0 radical (unpaired) electrons. The van der Waals surface area contributed by atoms with Crippen LogP contribution in [0, 0.1) is 0 Å². The molecule has 2 aliphatic heterocycles. The van der Waals surface area contributed by atoms with Crippen molar-refractivity contribution >= 4 is 93.1 Å². The van der Waals surface area contributed by atoms with Crippen molar-refractivity contribution in [3.05, 3.63) is 0 Å². The van der Waals surface area contributed by atoms with Gasteiger partial charge in [-0.1, -0.05) is 57.4 Å². The fourth-order valence-corrected chi connectivity index (χ4v) is 5.21. The van der Waals surface area contributed by atoms with E-state index in [1.165, 1.54) is 0 Å². The van der Waals surface area contributed by atoms with Gasteiger partial charge in [-0.2, -0.15) is 0 Å². The summed E-state index contributed by atoms with van der Waals surface area (Å²) in [4.78, 5) is 72.6. The molecule has 2 rings (SSSR count). The first-order chi connectivity index (χ1) is 19.9. The quantitative estimate of drug-likeness (QED) is 0.108. The zero-order valence-electron chi connectivity index (χ0n) is 23.0. The Morgan fingerprint density at radius 1 is 0.837 bits per heavy atom. The molecular formula is C23H30Cl3IN2O14. The molecule has 0 aromatic rings. The van der Waals surface area contributed by atoms with Crippen LogP contribution in [0.25, 0.3) is 0 Å². The minimum atomic E-state index is -2.55. The van der Waals surface area contributed by atoms with Crippen LogP contribution >= 0.6 is 57.4 Å². The number of carbonyl (C=O) groups is 6. The Balaban J connectivity index is 2.66. The van der Waals surface area contributed by atoms with E-state index >= 15 is 0 Å². The van der Waals surface area contributed by atoms with Gasteiger partial charge in [0, 0.05) is 32.1 Å². The number of aliphatic hydroxyl groups excluding tert-OH is 1. The van der Waals surface area contributed by atoms with Crippen LogP contribution in [0.1, 0.15) is 27.7 Å². The highest BCUT2D eigenvalue weighted by Gasteiger charge is 2.56. The topological polar surface area (TPSA) is 225 Å². The second kappa shape index (κ2) is 16.0. The van der Waals surface area contributed by atoms with Gasteiger partial charge in [0.2, 0.25) is 5.91 Å². The highest BCUT2D eigenvalue weighted by molar-refractivity contribution is 14.1. The molecule has 2 heterocycles. The van der Waals surface area contributed by atoms with Gasteiger partial charge in [0.1, 0.15) is 31.0 Å². The third-order valence-corrected chi connectivity index (χ3v) is 7.32. The van der Waals surface area contributed by atoms with Gasteiger partial charge in [-0.3, -0.25) is 28.8 Å². The number of hydrogen-bond donors (Lipinski definition) is 3. The molecule has 43 heavy (non-hydrogen) atoms. The smallest absolute Gasteiger partial charge is 0.303 e. The molecule has 2 fully saturated rings. The first-order valence-corrected chi connectivity index (χ1v) is 15.1. The first-order valence-electron chi connectivity index (χ1n) is 12.4. The third-order valence-electron chi connectivity index (χ3n) is 5.94. The van der Waals surface area contributed by atoms with E-state index in [1.54, 1.807) is 0 Å². The van der Waals surface area contributed by atoms with Gasteiger partial charge in [0.15, 0.2) is 30.7 Å². The lowest BCUT2D eigenvalue weighted by Gasteiger charge is -2.48. The number of hydrogen-bond acceptors (Lipinski definition) is 14. The van der Waals surface area contributed by atoms with Crippen LogP contribution in [0.3, 0.4) is 0 Å². The van der Waals surface area contributed by atoms with E-state index in [4.69, 9.17) is 73.7 Å². The Bertz CT molecular complexity index is 1080. The second-order valence-electron chi connectivity index (χ2n) is 9.31. The van der Waals surface area contributed by atoms with Crippen LogP contribution in [0.2, 0.25) is 0 Å². The Hall–Kier alpha value is -1.74. The molecule has 2 saturated heterocycles. The summed E-state index contributed by atoms with van der Waals surface area (Å²) in [5.74, 6) is -5.70. The fourth-order valence-electron chi connectivity index (χ4n) is 4.34. The molecular weight excluding hydrogens is 762 g/mol. The van der Waals surface area contributed by atoms with Gasteiger partial charge in [-0.05, 0) is 0 Å². The van der Waals surface area contributed by atoms with Crippen LogP contribution in [0.4, 0.5) is 0 Å². The standard InChI is InChI=1S/C23H30Cl3IN2O14/c1-7(30)37-6-12-16(38-8(2)31)17(39-9(3)32)13(29-22(36)23(24,25)26)21(42-12)43-15-11(5-27)41-19(20(28)35)14(34)18(15)40-10(4)33/h11-19,21,34H,5-6H2,1-4H3,(H2,28,35)(H,29,36)/t11-,12-,13-,14+,15+,16-,17-,18+,19+,21+/m1/s1. The molecule has 0 aromatic heterocycles. The van der Waals surface area contributed by atoms with Gasteiger partial charge in [-0.25, -0.2) is 0 Å². The van der Waals surface area contributed by atoms with Crippen molar-refractivity contribution in [1.29, 1.82) is 0 Å². The van der Waals surface area contributed by atoms with Gasteiger partial charge in [0.05, 0.1) is 6.10 Å². The number of alkyl halides is 4. The van der Waals surface area contributed by atoms with E-state index in [0.717, 1.165) is 27.7 Å². The van der Waals surface area contributed by atoms with E-state index in [0.29, 0.717) is 0 Å². The molecule has 0 spiro atoms. The molecule has 2 amide bonds. The van der Waals surface area contributed by atoms with Crippen LogP contribution in [-0.2, 0) is 61.9 Å². The van der Waals surface area contributed by atoms with Crippen molar-refractivity contribution in [2.24, 2.45) is 5.73 Å². The van der Waals surface area contributed by atoms with Gasteiger partial charge in [0.25, 0.3) is 9.70 Å². The predicted octanol–water partition coefficient (Wildman–Crippen LogP) is -0.642. The summed E-state index contributed by atoms with van der Waals surface area (Å²) >= 11 is 19.1. The summed E-state index contributed by atoms with van der Waals surface area (Å²) < 4.78 is 36.3. The molecule has 20 heteroatoms. The summed E-state index contributed by atoms with van der Waals surface area (Å²) in [6, 6.07) is -1.62. The number of aliphatic hydroxyl groups is 1. The van der Waals surface area contributed by atoms with Gasteiger partial charge < -0.3 is 49.3 Å². The van der Waals surface area contributed by atoms with Crippen molar-refractivity contribution in [3.63, 3.8) is 0 Å². The van der Waals surface area contributed by atoms with Crippen molar-refractivity contribution < 1.29 is 67.0 Å². The van der Waals surface area contributed by atoms with Crippen LogP contribution in [0.5, 0.6) is 0 Å². The van der Waals surface area contributed by atoms with E-state index in [1.807, 2.05) is 22.6 Å². The molecule has 4 N–H and O–H groups in total. The van der Waals surface area contributed by atoms with Crippen LogP contribution in [0.15, 0.2) is 0 Å². The molecule has 2 aliphatic rings. The van der Waals surface area contributed by atoms with E-state index < -0.39 is 107 Å². The monoisotopic (exact) mass is 790 g/mol. The summed E-state index contributed by atoms with van der Waals surface area (Å²) in [7, 11) is 0. The number of ether oxygens (including phenoxy) is 7. The molecule has 16 nitrogen and oxygen atoms in total. The summed E-state index contributed by atoms with van der Waals surface area (Å²) in [6.07, 6.45) is -13.8. The maximum Gasteiger partial charge on any atom is 0.303 e. The van der Waals surface area contributed by atoms with Crippen molar-refractivity contribution in [2.75, 3.05) is 11.0 Å². The third kappa shape index (κ3) is 10.4. The normalized spacial score (nSPS) is 32.6. The number of rotatable bonds is 10. The highest BCUT2D eigenvalue weighted by Crippen LogP contribution is 2.34. The molecule has 10 atom stereocenters. The number of halogens is 4. The lowest BCUT2D eigenvalue weighted by molar-refractivity contribution is -0.319. The zero-order valence-corrected chi connectivity index (χ0v) is 27.5. The van der Waals surface area contributed by atoms with Gasteiger partial charge in [-0.15, -0.1) is 0 Å². The SMILES string of the molecule is CC(=O)OC[C@H]1O[C@@H](O[C@@H]2[C@@H](OC(C)=O)[C@H](O)[C@@H](C(N)=O)O[C@@H]2CI)[C@H](NC(=O)C(Cl)(Cl)Cl)[C@@H](OC(C)=O)[C@@H]1OC(C)=O. The van der Waals surface area contributed by atoms with E-state index in [9.17, 15) is 33.9 Å². The Morgan fingerprint density at radius 2 is 1.37 bits per heavy atom. The first kappa shape index (κ1) is 37.4. The minimum Gasteiger partial charge on any atom is -0.463 e. The lowest BCUT2D eigenvalue weighted by atomic mass is 9.93. The van der Waals surface area contributed by atoms with Crippen molar-refractivity contribution in [1.82, 2.24) is 5.32 Å². The fraction of sp³-hybridized carbons (Fsp3) is 0.739. The molecule has 0 unspecified atom stereocenters. The average molecular weight is 792 g/mol. The van der Waals surface area contributed by atoms with Crippen LogP contribution in [-0.4, -0.2) is 117 Å². The number of primary amides is 1. The predicted molar refractivity (Wildman–Crippen MR) is 152 cm³/mol. The summed E-state index contributed by atoms with van der Waals surface area (Å²) in [6.45, 7) is 3.62. The molecule has 0 aromatic carbocycles. The van der Waals surface area contributed by atoms with Gasteiger partial charge >= 0.3 is 23.9 Å². The van der Waals surface area contributed by atoms with Crippen LogP contribution < -0.4 is 11.1 Å². The van der Waals surface area contributed by atoms with E-state index in [2.05, 4.69) is 5.32 Å². The summed E-state index contributed by atoms with van der Waals surface area (Å²) in [5.41, 5.74) is 5.36.